The van der Waals surface area contributed by atoms with Gasteiger partial charge in [-0.25, -0.2) is 10.3 Å². The van der Waals surface area contributed by atoms with Gasteiger partial charge in [0.2, 0.25) is 5.70 Å². The summed E-state index contributed by atoms with van der Waals surface area (Å²) < 4.78 is 0. The molecule has 0 bridgehead atoms. The van der Waals surface area contributed by atoms with Crippen LogP contribution in [0.25, 0.3) is 0 Å². The van der Waals surface area contributed by atoms with E-state index in [9.17, 15) is 14.9 Å². The minimum atomic E-state index is -1.01. The molecule has 9 nitrogen and oxygen atoms in total. The maximum Gasteiger partial charge on any atom is 0.355 e. The highest BCUT2D eigenvalue weighted by Crippen LogP contribution is 2.29. The summed E-state index contributed by atoms with van der Waals surface area (Å²) in [5.74, 6) is -1.23. The maximum absolute atomic E-state index is 10.9. The molecule has 2 heterocycles. The van der Waals surface area contributed by atoms with Crippen LogP contribution in [0.5, 0.6) is 0 Å². The number of rotatable bonds is 4. The summed E-state index contributed by atoms with van der Waals surface area (Å²) >= 11 is 0. The number of hydrogen-bond acceptors (Lipinski definition) is 7. The fourth-order valence-electron chi connectivity index (χ4n) is 2.00. The number of carboxylic acid groups (broad SMARTS) is 1. The number of carboxylic acids is 1. The standard InChI is InChI=1S/C13H10N4O5/c18-13(19)8-1-3-9(4-2-8)15-10-5-6-12(17(20)21)16-11(10)7-14-22-16/h1-7,14-15H,(H,18,19). The van der Waals surface area contributed by atoms with Crippen LogP contribution in [0, 0.1) is 10.1 Å². The van der Waals surface area contributed by atoms with Gasteiger partial charge in [-0.3, -0.25) is 0 Å². The van der Waals surface area contributed by atoms with Crippen LogP contribution in [0.1, 0.15) is 10.4 Å². The van der Waals surface area contributed by atoms with Gasteiger partial charge in [-0.15, -0.1) is 0 Å². The smallest absolute Gasteiger partial charge is 0.355 e. The van der Waals surface area contributed by atoms with Crippen molar-refractivity contribution >= 4 is 11.7 Å². The first-order valence-corrected chi connectivity index (χ1v) is 6.16. The van der Waals surface area contributed by atoms with Gasteiger partial charge in [0.25, 0.3) is 0 Å². The number of nitro groups is 1. The van der Waals surface area contributed by atoms with Crippen molar-refractivity contribution in [2.45, 2.75) is 0 Å². The SMILES string of the molecule is O=C(O)c1ccc(NC2=CC=C([N+](=O)[O-])N3ONC=C23)cc1. The van der Waals surface area contributed by atoms with E-state index in [0.29, 0.717) is 17.1 Å². The lowest BCUT2D eigenvalue weighted by molar-refractivity contribution is -0.465. The zero-order valence-corrected chi connectivity index (χ0v) is 11.0. The molecule has 112 valence electrons. The van der Waals surface area contributed by atoms with E-state index in [1.54, 1.807) is 18.2 Å². The number of hydrogen-bond donors (Lipinski definition) is 3. The lowest BCUT2D eigenvalue weighted by Gasteiger charge is -2.18. The van der Waals surface area contributed by atoms with Crippen LogP contribution >= 0.6 is 0 Å². The normalized spacial score (nSPS) is 16.0. The Balaban J connectivity index is 1.85. The largest absolute Gasteiger partial charge is 0.478 e. The molecule has 0 unspecified atom stereocenters. The molecule has 0 aromatic heterocycles. The molecule has 0 saturated carbocycles. The third-order valence-electron chi connectivity index (χ3n) is 3.04. The number of carbonyl (C=O) groups is 1. The fourth-order valence-corrected chi connectivity index (χ4v) is 2.00. The molecular formula is C13H10N4O5. The molecule has 3 N–H and O–H groups in total. The zero-order chi connectivity index (χ0) is 15.7. The van der Waals surface area contributed by atoms with E-state index in [-0.39, 0.29) is 11.4 Å². The van der Waals surface area contributed by atoms with Crippen molar-refractivity contribution in [1.82, 2.24) is 10.5 Å². The third kappa shape index (κ3) is 2.36. The molecular weight excluding hydrogens is 292 g/mol. The number of aromatic carboxylic acids is 1. The lowest BCUT2D eigenvalue weighted by atomic mass is 10.2. The monoisotopic (exact) mass is 302 g/mol. The Morgan fingerprint density at radius 2 is 2.05 bits per heavy atom. The summed E-state index contributed by atoms with van der Waals surface area (Å²) in [5, 5.41) is 23.9. The second-order valence-electron chi connectivity index (χ2n) is 4.40. The first-order valence-electron chi connectivity index (χ1n) is 6.16. The van der Waals surface area contributed by atoms with Crippen molar-refractivity contribution in [3.05, 3.63) is 75.5 Å². The number of anilines is 1. The van der Waals surface area contributed by atoms with Gasteiger partial charge in [0.05, 0.1) is 17.5 Å². The average Bonchev–Trinajstić information content (AvgIpc) is 2.97. The van der Waals surface area contributed by atoms with Crippen LogP contribution in [-0.4, -0.2) is 21.1 Å². The Morgan fingerprint density at radius 1 is 1.32 bits per heavy atom. The van der Waals surface area contributed by atoms with Gasteiger partial charge in [0.1, 0.15) is 0 Å². The van der Waals surface area contributed by atoms with E-state index in [2.05, 4.69) is 10.8 Å². The van der Waals surface area contributed by atoms with Gasteiger partial charge in [-0.1, -0.05) is 4.94 Å². The third-order valence-corrected chi connectivity index (χ3v) is 3.04. The molecule has 22 heavy (non-hydrogen) atoms. The summed E-state index contributed by atoms with van der Waals surface area (Å²) in [7, 11) is 0. The number of hydroxylamine groups is 3. The first-order chi connectivity index (χ1) is 10.6. The Labute approximate surface area is 123 Å². The lowest BCUT2D eigenvalue weighted by Crippen LogP contribution is -2.29. The Kier molecular flexibility index (Phi) is 3.24. The van der Waals surface area contributed by atoms with Crippen molar-refractivity contribution in [2.75, 3.05) is 5.32 Å². The molecule has 3 rings (SSSR count). The summed E-state index contributed by atoms with van der Waals surface area (Å²) in [5.41, 5.74) is 4.27. The van der Waals surface area contributed by atoms with Crippen molar-refractivity contribution in [3.63, 3.8) is 0 Å². The van der Waals surface area contributed by atoms with E-state index < -0.39 is 10.9 Å². The number of benzene rings is 1. The molecule has 1 aromatic carbocycles. The molecule has 2 aliphatic heterocycles. The van der Waals surface area contributed by atoms with Crippen LogP contribution in [0.3, 0.4) is 0 Å². The second-order valence-corrected chi connectivity index (χ2v) is 4.40. The van der Waals surface area contributed by atoms with E-state index in [0.717, 1.165) is 5.06 Å². The van der Waals surface area contributed by atoms with Crippen molar-refractivity contribution < 1.29 is 19.8 Å². The molecule has 1 aromatic rings. The summed E-state index contributed by atoms with van der Waals surface area (Å²) in [4.78, 5) is 26.1. The van der Waals surface area contributed by atoms with E-state index in [1.165, 1.54) is 24.4 Å². The summed E-state index contributed by atoms with van der Waals surface area (Å²) in [6.45, 7) is 0. The summed E-state index contributed by atoms with van der Waals surface area (Å²) in [6, 6.07) is 6.13. The molecule has 0 atom stereocenters. The number of fused-ring (bicyclic) bond motifs is 1. The quantitative estimate of drug-likeness (QED) is 0.564. The molecule has 2 aliphatic rings. The van der Waals surface area contributed by atoms with E-state index in [4.69, 9.17) is 10.0 Å². The van der Waals surface area contributed by atoms with Crippen LogP contribution < -0.4 is 10.8 Å². The second kappa shape index (κ2) is 5.22. The van der Waals surface area contributed by atoms with Gasteiger partial charge in [-0.05, 0) is 40.3 Å². The molecule has 0 fully saturated rings. The molecule has 0 radical (unpaired) electrons. The van der Waals surface area contributed by atoms with Gasteiger partial charge in [0.15, 0.2) is 0 Å². The zero-order valence-electron chi connectivity index (χ0n) is 11.0. The molecule has 9 heteroatoms. The first kappa shape index (κ1) is 13.6. The molecule has 0 amide bonds. The van der Waals surface area contributed by atoms with Crippen LogP contribution in [-0.2, 0) is 4.94 Å². The van der Waals surface area contributed by atoms with Gasteiger partial charge >= 0.3 is 11.8 Å². The van der Waals surface area contributed by atoms with Crippen LogP contribution in [0.2, 0.25) is 0 Å². The van der Waals surface area contributed by atoms with Gasteiger partial charge < -0.3 is 20.5 Å². The van der Waals surface area contributed by atoms with Gasteiger partial charge in [-0.2, -0.15) is 0 Å². The van der Waals surface area contributed by atoms with E-state index in [1.807, 2.05) is 0 Å². The minimum Gasteiger partial charge on any atom is -0.478 e. The average molecular weight is 302 g/mol. The van der Waals surface area contributed by atoms with Crippen molar-refractivity contribution in [3.8, 4) is 0 Å². The predicted molar refractivity (Wildman–Crippen MR) is 74.3 cm³/mol. The van der Waals surface area contributed by atoms with Crippen molar-refractivity contribution in [2.24, 2.45) is 0 Å². The number of allylic oxidation sites excluding steroid dienone is 2. The minimum absolute atomic E-state index is 0.172. The highest BCUT2D eigenvalue weighted by molar-refractivity contribution is 5.88. The molecule has 0 saturated heterocycles. The highest BCUT2D eigenvalue weighted by atomic mass is 16.8. The summed E-state index contributed by atoms with van der Waals surface area (Å²) in [6.07, 6.45) is 4.32. The molecule has 0 aliphatic carbocycles. The number of nitrogens with one attached hydrogen (secondary N) is 2. The highest BCUT2D eigenvalue weighted by Gasteiger charge is 2.37. The fraction of sp³-hybridized carbons (Fsp3) is 0. The van der Waals surface area contributed by atoms with Crippen LogP contribution in [0.4, 0.5) is 5.69 Å². The van der Waals surface area contributed by atoms with Gasteiger partial charge in [0, 0.05) is 11.8 Å². The molecule has 0 spiro atoms. The van der Waals surface area contributed by atoms with E-state index >= 15 is 0 Å². The van der Waals surface area contributed by atoms with Crippen LogP contribution in [0.15, 0.2) is 59.8 Å². The Hall–Kier alpha value is -3.33. The topological polar surface area (TPSA) is 117 Å². The number of nitrogens with zero attached hydrogens (tertiary/aromatic N) is 2. The van der Waals surface area contributed by atoms with Crippen molar-refractivity contribution in [1.29, 1.82) is 0 Å². The Morgan fingerprint density at radius 3 is 2.68 bits per heavy atom. The Bertz CT molecular complexity index is 735. The maximum atomic E-state index is 10.9. The predicted octanol–water partition coefficient (Wildman–Crippen LogP) is 1.41.